The summed E-state index contributed by atoms with van der Waals surface area (Å²) in [4.78, 5) is 31.0. The van der Waals surface area contributed by atoms with Crippen LogP contribution in [0.2, 0.25) is 0 Å². The summed E-state index contributed by atoms with van der Waals surface area (Å²) < 4.78 is 5.30. The Morgan fingerprint density at radius 3 is 2.26 bits per heavy atom. The van der Waals surface area contributed by atoms with E-state index in [0.29, 0.717) is 31.8 Å². The van der Waals surface area contributed by atoms with E-state index >= 15 is 0 Å². The zero-order chi connectivity index (χ0) is 23.7. The van der Waals surface area contributed by atoms with E-state index in [1.165, 1.54) is 12.8 Å². The maximum atomic E-state index is 13.7. The van der Waals surface area contributed by atoms with Crippen molar-refractivity contribution in [2.45, 2.75) is 38.6 Å². The summed E-state index contributed by atoms with van der Waals surface area (Å²) in [6.45, 7) is 3.37. The Bertz CT molecular complexity index is 1170. The van der Waals surface area contributed by atoms with Crippen molar-refractivity contribution in [2.24, 2.45) is 11.8 Å². The van der Waals surface area contributed by atoms with E-state index in [2.05, 4.69) is 6.92 Å². The second-order valence-corrected chi connectivity index (χ2v) is 9.58. The number of likely N-dealkylation sites (tertiary alicyclic amines) is 1. The van der Waals surface area contributed by atoms with Crippen LogP contribution >= 0.6 is 0 Å². The van der Waals surface area contributed by atoms with E-state index < -0.39 is 0 Å². The van der Waals surface area contributed by atoms with Gasteiger partial charge in [-0.2, -0.15) is 0 Å². The van der Waals surface area contributed by atoms with Crippen LogP contribution in [-0.4, -0.2) is 43.0 Å². The molecule has 5 rings (SSSR count). The van der Waals surface area contributed by atoms with E-state index in [0.717, 1.165) is 27.8 Å². The zero-order valence-electron chi connectivity index (χ0n) is 19.9. The lowest BCUT2D eigenvalue weighted by Crippen LogP contribution is -2.47. The summed E-state index contributed by atoms with van der Waals surface area (Å²) >= 11 is 0. The van der Waals surface area contributed by atoms with Gasteiger partial charge < -0.3 is 14.5 Å². The quantitative estimate of drug-likeness (QED) is 0.490. The highest BCUT2D eigenvalue weighted by atomic mass is 16.5. The highest BCUT2D eigenvalue weighted by molar-refractivity contribution is 6.07. The minimum absolute atomic E-state index is 0.0565. The summed E-state index contributed by atoms with van der Waals surface area (Å²) in [6.07, 6.45) is 3.75. The number of benzene rings is 3. The second-order valence-electron chi connectivity index (χ2n) is 9.58. The predicted octanol–water partition coefficient (Wildman–Crippen LogP) is 5.53. The van der Waals surface area contributed by atoms with Gasteiger partial charge in [-0.25, -0.2) is 0 Å². The van der Waals surface area contributed by atoms with Crippen LogP contribution in [0.1, 0.15) is 43.0 Å². The molecule has 34 heavy (non-hydrogen) atoms. The minimum Gasteiger partial charge on any atom is -0.497 e. The smallest absolute Gasteiger partial charge is 0.254 e. The predicted molar refractivity (Wildman–Crippen MR) is 135 cm³/mol. The molecule has 1 aliphatic carbocycles. The lowest BCUT2D eigenvalue weighted by molar-refractivity contribution is -0.124. The normalized spacial score (nSPS) is 17.4. The molecule has 3 aromatic carbocycles. The molecule has 1 unspecified atom stereocenters. The number of rotatable bonds is 6. The molecule has 5 heteroatoms. The number of carbonyl (C=O) groups is 2. The molecule has 0 radical (unpaired) electrons. The Hall–Kier alpha value is -3.34. The van der Waals surface area contributed by atoms with Crippen LogP contribution in [0.15, 0.2) is 66.7 Å². The van der Waals surface area contributed by atoms with E-state index in [1.807, 2.05) is 76.5 Å². The van der Waals surface area contributed by atoms with Gasteiger partial charge in [-0.1, -0.05) is 36.4 Å². The molecular formula is C29H32N2O3. The van der Waals surface area contributed by atoms with Crippen molar-refractivity contribution in [1.29, 1.82) is 0 Å². The fourth-order valence-electron chi connectivity index (χ4n) is 5.20. The monoisotopic (exact) mass is 456 g/mol. The first-order valence-corrected chi connectivity index (χ1v) is 12.3. The van der Waals surface area contributed by atoms with Gasteiger partial charge in [0.15, 0.2) is 0 Å². The third-order valence-electron chi connectivity index (χ3n) is 7.45. The van der Waals surface area contributed by atoms with Crippen LogP contribution in [0, 0.1) is 11.8 Å². The Labute approximate surface area is 201 Å². The van der Waals surface area contributed by atoms with Crippen LogP contribution in [0.5, 0.6) is 5.75 Å². The molecule has 0 bridgehead atoms. The topological polar surface area (TPSA) is 49.9 Å². The fraction of sp³-hybridized carbons (Fsp3) is 0.379. The number of carbonyl (C=O) groups excluding carboxylic acids is 2. The summed E-state index contributed by atoms with van der Waals surface area (Å²) in [5.41, 5.74) is 1.67. The van der Waals surface area contributed by atoms with Crippen molar-refractivity contribution in [2.75, 3.05) is 25.1 Å². The van der Waals surface area contributed by atoms with Crippen molar-refractivity contribution < 1.29 is 14.3 Å². The average Bonchev–Trinajstić information content (AvgIpc) is 3.74. The summed E-state index contributed by atoms with van der Waals surface area (Å²) in [6, 6.07) is 21.9. The lowest BCUT2D eigenvalue weighted by atomic mass is 9.93. The van der Waals surface area contributed by atoms with Gasteiger partial charge >= 0.3 is 0 Å². The fourth-order valence-corrected chi connectivity index (χ4v) is 5.20. The number of piperidine rings is 1. The maximum Gasteiger partial charge on any atom is 0.254 e. The van der Waals surface area contributed by atoms with E-state index in [4.69, 9.17) is 4.74 Å². The molecular weight excluding hydrogens is 424 g/mol. The molecule has 3 aromatic rings. The van der Waals surface area contributed by atoms with Gasteiger partial charge in [0.2, 0.25) is 5.91 Å². The van der Waals surface area contributed by atoms with Crippen molar-refractivity contribution >= 4 is 28.3 Å². The number of hydrogen-bond acceptors (Lipinski definition) is 3. The van der Waals surface area contributed by atoms with Crippen molar-refractivity contribution in [3.05, 3.63) is 72.3 Å². The van der Waals surface area contributed by atoms with Crippen molar-refractivity contribution in [3.8, 4) is 5.75 Å². The Kier molecular flexibility index (Phi) is 6.27. The molecule has 0 aromatic heterocycles. The summed E-state index contributed by atoms with van der Waals surface area (Å²) in [5.74, 6) is 1.53. The SMILES string of the molecule is COc1ccc(N(C(=O)C2CCN(C(=O)c3cccc4ccccc34)CC2)C(C)C2CC2)cc1. The van der Waals surface area contributed by atoms with E-state index in [-0.39, 0.29) is 23.8 Å². The van der Waals surface area contributed by atoms with Crippen LogP contribution < -0.4 is 9.64 Å². The van der Waals surface area contributed by atoms with Crippen LogP contribution in [-0.2, 0) is 4.79 Å². The molecule has 2 amide bonds. The molecule has 1 heterocycles. The number of anilines is 1. The molecule has 2 aliphatic rings. The molecule has 2 fully saturated rings. The van der Waals surface area contributed by atoms with Crippen molar-refractivity contribution in [1.82, 2.24) is 4.90 Å². The minimum atomic E-state index is -0.0696. The molecule has 1 aliphatic heterocycles. The lowest BCUT2D eigenvalue weighted by Gasteiger charge is -2.37. The van der Waals surface area contributed by atoms with Crippen LogP contribution in [0.3, 0.4) is 0 Å². The standard InChI is InChI=1S/C29H32N2O3/c1-20(21-10-11-21)31(24-12-14-25(34-2)15-13-24)28(32)23-16-18-30(19-17-23)29(33)27-9-5-7-22-6-3-4-8-26(22)27/h3-9,12-15,20-21,23H,10-11,16-19H2,1-2H3. The van der Waals surface area contributed by atoms with Gasteiger partial charge in [-0.15, -0.1) is 0 Å². The summed E-state index contributed by atoms with van der Waals surface area (Å²) in [5, 5.41) is 2.06. The second kappa shape index (κ2) is 9.49. The number of amides is 2. The Morgan fingerprint density at radius 2 is 1.59 bits per heavy atom. The number of hydrogen-bond donors (Lipinski definition) is 0. The number of fused-ring (bicyclic) bond motifs is 1. The molecule has 1 atom stereocenters. The van der Waals surface area contributed by atoms with Crippen LogP contribution in [0.4, 0.5) is 5.69 Å². The number of nitrogens with zero attached hydrogens (tertiary/aromatic N) is 2. The zero-order valence-corrected chi connectivity index (χ0v) is 19.9. The highest BCUT2D eigenvalue weighted by Gasteiger charge is 2.38. The molecule has 1 saturated heterocycles. The molecule has 5 nitrogen and oxygen atoms in total. The average molecular weight is 457 g/mol. The third kappa shape index (κ3) is 4.39. The molecule has 0 spiro atoms. The Morgan fingerprint density at radius 1 is 0.912 bits per heavy atom. The Balaban J connectivity index is 1.30. The molecule has 1 saturated carbocycles. The first-order valence-electron chi connectivity index (χ1n) is 12.3. The third-order valence-corrected chi connectivity index (χ3v) is 7.45. The highest BCUT2D eigenvalue weighted by Crippen LogP contribution is 2.38. The summed E-state index contributed by atoms with van der Waals surface area (Å²) in [7, 11) is 1.65. The first kappa shape index (κ1) is 22.5. The van der Waals surface area contributed by atoms with Gasteiger partial charge in [-0.05, 0) is 79.6 Å². The van der Waals surface area contributed by atoms with E-state index in [9.17, 15) is 9.59 Å². The van der Waals surface area contributed by atoms with Crippen molar-refractivity contribution in [3.63, 3.8) is 0 Å². The maximum absolute atomic E-state index is 13.7. The molecule has 0 N–H and O–H groups in total. The van der Waals surface area contributed by atoms with Gasteiger partial charge in [0.05, 0.1) is 7.11 Å². The largest absolute Gasteiger partial charge is 0.497 e. The first-order chi connectivity index (χ1) is 16.6. The number of ether oxygens (including phenoxy) is 1. The van der Waals surface area contributed by atoms with Gasteiger partial charge in [0.1, 0.15) is 5.75 Å². The number of methoxy groups -OCH3 is 1. The van der Waals surface area contributed by atoms with Crippen LogP contribution in [0.25, 0.3) is 10.8 Å². The van der Waals surface area contributed by atoms with Gasteiger partial charge in [-0.3, -0.25) is 9.59 Å². The van der Waals surface area contributed by atoms with Gasteiger partial charge in [0, 0.05) is 36.3 Å². The van der Waals surface area contributed by atoms with Gasteiger partial charge in [0.25, 0.3) is 5.91 Å². The van der Waals surface area contributed by atoms with E-state index in [1.54, 1.807) is 7.11 Å². The molecule has 176 valence electrons.